The minimum Gasteiger partial charge on any atom is -0.495 e. The zero-order valence-corrected chi connectivity index (χ0v) is 16.3. The molecular weight excluding hydrogens is 376 g/mol. The van der Waals surface area contributed by atoms with Crippen molar-refractivity contribution >= 4 is 23.2 Å². The van der Waals surface area contributed by atoms with Crippen LogP contribution < -0.4 is 9.64 Å². The van der Waals surface area contributed by atoms with Crippen LogP contribution in [0.4, 0.5) is 5.69 Å². The molecule has 0 spiro atoms. The highest BCUT2D eigenvalue weighted by Crippen LogP contribution is 2.28. The first-order valence-electron chi connectivity index (χ1n) is 9.13. The standard InChI is InChI=1S/C21H21ClN4O2/c1-28-20-5-3-2-4-19(20)24-10-12-25(13-11-24)21(27)16-14-23-26(15-16)18-8-6-17(22)7-9-18/h2-9,14-15H,10-13H2,1H3. The zero-order valence-electron chi connectivity index (χ0n) is 15.6. The molecule has 144 valence electrons. The van der Waals surface area contributed by atoms with Gasteiger partial charge in [-0.05, 0) is 36.4 Å². The lowest BCUT2D eigenvalue weighted by Crippen LogP contribution is -2.48. The van der Waals surface area contributed by atoms with Gasteiger partial charge in [-0.3, -0.25) is 4.79 Å². The number of anilines is 1. The summed E-state index contributed by atoms with van der Waals surface area (Å²) in [6.45, 7) is 2.83. The second-order valence-corrected chi connectivity index (χ2v) is 7.04. The summed E-state index contributed by atoms with van der Waals surface area (Å²) in [5, 5.41) is 4.98. The Bertz CT molecular complexity index is 963. The molecule has 6 nitrogen and oxygen atoms in total. The first-order chi connectivity index (χ1) is 13.7. The largest absolute Gasteiger partial charge is 0.495 e. The smallest absolute Gasteiger partial charge is 0.257 e. The summed E-state index contributed by atoms with van der Waals surface area (Å²) in [6.07, 6.45) is 3.38. The number of hydrogen-bond acceptors (Lipinski definition) is 4. The summed E-state index contributed by atoms with van der Waals surface area (Å²) in [6, 6.07) is 15.3. The van der Waals surface area contributed by atoms with Gasteiger partial charge in [0.05, 0.1) is 30.2 Å². The lowest BCUT2D eigenvalue weighted by molar-refractivity contribution is 0.0746. The molecule has 0 unspecified atom stereocenters. The van der Waals surface area contributed by atoms with Crippen molar-refractivity contribution in [2.45, 2.75) is 0 Å². The van der Waals surface area contributed by atoms with E-state index in [-0.39, 0.29) is 5.91 Å². The topological polar surface area (TPSA) is 50.6 Å². The highest BCUT2D eigenvalue weighted by Gasteiger charge is 2.24. The number of aromatic nitrogens is 2. The average molecular weight is 397 g/mol. The lowest BCUT2D eigenvalue weighted by atomic mass is 10.2. The number of ether oxygens (including phenoxy) is 1. The van der Waals surface area contributed by atoms with Gasteiger partial charge in [-0.1, -0.05) is 23.7 Å². The number of para-hydroxylation sites is 2. The van der Waals surface area contributed by atoms with Crippen LogP contribution in [-0.2, 0) is 0 Å². The Kier molecular flexibility index (Phi) is 5.21. The van der Waals surface area contributed by atoms with Crippen molar-refractivity contribution in [2.24, 2.45) is 0 Å². The number of methoxy groups -OCH3 is 1. The summed E-state index contributed by atoms with van der Waals surface area (Å²) >= 11 is 5.93. The molecule has 1 amide bonds. The highest BCUT2D eigenvalue weighted by molar-refractivity contribution is 6.30. The number of amides is 1. The molecule has 7 heteroatoms. The molecule has 0 bridgehead atoms. The molecular formula is C21H21ClN4O2. The predicted octanol–water partition coefficient (Wildman–Crippen LogP) is 3.50. The number of carbonyl (C=O) groups is 1. The molecule has 0 radical (unpaired) electrons. The van der Waals surface area contributed by atoms with Crippen molar-refractivity contribution in [3.05, 3.63) is 71.5 Å². The van der Waals surface area contributed by atoms with E-state index in [0.717, 1.165) is 30.2 Å². The maximum absolute atomic E-state index is 12.9. The molecule has 28 heavy (non-hydrogen) atoms. The van der Waals surface area contributed by atoms with Gasteiger partial charge >= 0.3 is 0 Å². The Morgan fingerprint density at radius 1 is 1.04 bits per heavy atom. The molecule has 1 aliphatic rings. The summed E-state index contributed by atoms with van der Waals surface area (Å²) < 4.78 is 7.14. The summed E-state index contributed by atoms with van der Waals surface area (Å²) in [7, 11) is 1.68. The quantitative estimate of drug-likeness (QED) is 0.677. The molecule has 2 heterocycles. The SMILES string of the molecule is COc1ccccc1N1CCN(C(=O)c2cnn(-c3ccc(Cl)cc3)c2)CC1. The molecule has 3 aromatic rings. The van der Waals surface area contributed by atoms with Crippen LogP contribution >= 0.6 is 11.6 Å². The van der Waals surface area contributed by atoms with Crippen LogP contribution in [0.1, 0.15) is 10.4 Å². The van der Waals surface area contributed by atoms with Gasteiger partial charge in [-0.25, -0.2) is 4.68 Å². The number of rotatable bonds is 4. The summed E-state index contributed by atoms with van der Waals surface area (Å²) in [5.41, 5.74) is 2.51. The van der Waals surface area contributed by atoms with E-state index in [4.69, 9.17) is 16.3 Å². The number of carbonyl (C=O) groups excluding carboxylic acids is 1. The van der Waals surface area contributed by atoms with Gasteiger partial charge in [0, 0.05) is 37.4 Å². The fraction of sp³-hybridized carbons (Fsp3) is 0.238. The third kappa shape index (κ3) is 3.68. The van der Waals surface area contributed by atoms with Crippen molar-refractivity contribution < 1.29 is 9.53 Å². The number of halogens is 1. The molecule has 1 fully saturated rings. The van der Waals surface area contributed by atoms with Crippen molar-refractivity contribution in [3.8, 4) is 11.4 Å². The second kappa shape index (κ2) is 7.94. The van der Waals surface area contributed by atoms with Gasteiger partial charge < -0.3 is 14.5 Å². The number of piperazine rings is 1. The average Bonchev–Trinajstić information content (AvgIpc) is 3.24. The van der Waals surface area contributed by atoms with Crippen molar-refractivity contribution in [1.29, 1.82) is 0 Å². The minimum absolute atomic E-state index is 0.000102. The molecule has 0 aliphatic carbocycles. The maximum Gasteiger partial charge on any atom is 0.257 e. The van der Waals surface area contributed by atoms with Gasteiger partial charge in [0.25, 0.3) is 5.91 Å². The predicted molar refractivity (Wildman–Crippen MR) is 110 cm³/mol. The van der Waals surface area contributed by atoms with Crippen molar-refractivity contribution in [3.63, 3.8) is 0 Å². The lowest BCUT2D eigenvalue weighted by Gasteiger charge is -2.36. The van der Waals surface area contributed by atoms with Crippen LogP contribution in [-0.4, -0.2) is 53.9 Å². The van der Waals surface area contributed by atoms with Gasteiger partial charge in [0.15, 0.2) is 0 Å². The Morgan fingerprint density at radius 3 is 2.46 bits per heavy atom. The fourth-order valence-corrected chi connectivity index (χ4v) is 3.52. The Labute approximate surface area is 168 Å². The third-order valence-electron chi connectivity index (χ3n) is 4.91. The van der Waals surface area contributed by atoms with E-state index in [9.17, 15) is 4.79 Å². The fourth-order valence-electron chi connectivity index (χ4n) is 3.39. The van der Waals surface area contributed by atoms with E-state index in [1.165, 1.54) is 0 Å². The van der Waals surface area contributed by atoms with E-state index in [1.807, 2.05) is 41.3 Å². The third-order valence-corrected chi connectivity index (χ3v) is 5.17. The van der Waals surface area contributed by atoms with Gasteiger partial charge in [0.1, 0.15) is 5.75 Å². The molecule has 1 saturated heterocycles. The Hall–Kier alpha value is -2.99. The molecule has 0 atom stereocenters. The molecule has 1 aromatic heterocycles. The minimum atomic E-state index is -0.000102. The van der Waals surface area contributed by atoms with Crippen LogP contribution in [0, 0.1) is 0 Å². The maximum atomic E-state index is 12.9. The molecule has 0 saturated carbocycles. The van der Waals surface area contributed by atoms with Gasteiger partial charge in [0.2, 0.25) is 0 Å². The van der Waals surface area contributed by atoms with Crippen LogP contribution in [0.5, 0.6) is 5.75 Å². The van der Waals surface area contributed by atoms with E-state index in [0.29, 0.717) is 23.7 Å². The first kappa shape index (κ1) is 18.4. The van der Waals surface area contributed by atoms with Crippen LogP contribution in [0.2, 0.25) is 5.02 Å². The van der Waals surface area contributed by atoms with Crippen LogP contribution in [0.15, 0.2) is 60.9 Å². The monoisotopic (exact) mass is 396 g/mol. The number of hydrogen-bond donors (Lipinski definition) is 0. The van der Waals surface area contributed by atoms with Gasteiger partial charge in [-0.15, -0.1) is 0 Å². The molecule has 4 rings (SSSR count). The molecule has 2 aromatic carbocycles. The normalized spacial score (nSPS) is 14.2. The zero-order chi connectivity index (χ0) is 19.5. The van der Waals surface area contributed by atoms with Crippen LogP contribution in [0.25, 0.3) is 5.69 Å². The molecule has 0 N–H and O–H groups in total. The van der Waals surface area contributed by atoms with Crippen LogP contribution in [0.3, 0.4) is 0 Å². The highest BCUT2D eigenvalue weighted by atomic mass is 35.5. The van der Waals surface area contributed by atoms with E-state index >= 15 is 0 Å². The number of nitrogens with zero attached hydrogens (tertiary/aromatic N) is 4. The summed E-state index contributed by atoms with van der Waals surface area (Å²) in [4.78, 5) is 17.0. The van der Waals surface area contributed by atoms with E-state index in [1.54, 1.807) is 36.3 Å². The van der Waals surface area contributed by atoms with Crippen molar-refractivity contribution in [1.82, 2.24) is 14.7 Å². The Morgan fingerprint density at radius 2 is 1.75 bits per heavy atom. The molecule has 1 aliphatic heterocycles. The van der Waals surface area contributed by atoms with Crippen molar-refractivity contribution in [2.75, 3.05) is 38.2 Å². The van der Waals surface area contributed by atoms with E-state index in [2.05, 4.69) is 10.00 Å². The summed E-state index contributed by atoms with van der Waals surface area (Å²) in [5.74, 6) is 0.853. The number of benzene rings is 2. The van der Waals surface area contributed by atoms with Gasteiger partial charge in [-0.2, -0.15) is 5.10 Å². The Balaban J connectivity index is 1.42. The van der Waals surface area contributed by atoms with E-state index < -0.39 is 0 Å². The first-order valence-corrected chi connectivity index (χ1v) is 9.51. The second-order valence-electron chi connectivity index (χ2n) is 6.60.